The van der Waals surface area contributed by atoms with Gasteiger partial charge in [0.1, 0.15) is 18.2 Å². The molecule has 1 unspecified atom stereocenters. The van der Waals surface area contributed by atoms with Gasteiger partial charge in [0.2, 0.25) is 11.8 Å². The first kappa shape index (κ1) is 28.9. The molecule has 2 aromatic rings. The molecule has 0 saturated carbocycles. The Bertz CT molecular complexity index is 942. The Balaban J connectivity index is 2.22. The third kappa shape index (κ3) is 10.5. The first-order chi connectivity index (χ1) is 17.2. The van der Waals surface area contributed by atoms with E-state index in [-0.39, 0.29) is 18.4 Å². The van der Waals surface area contributed by atoms with E-state index in [2.05, 4.69) is 17.6 Å². The normalized spacial score (nSPS) is 11.9. The molecule has 1 atom stereocenters. The molecule has 0 aliphatic carbocycles. The maximum absolute atomic E-state index is 13.5. The van der Waals surface area contributed by atoms with Gasteiger partial charge in [-0.1, -0.05) is 93.3 Å². The summed E-state index contributed by atoms with van der Waals surface area (Å²) >= 11 is 0. The number of nitrogens with zero attached hydrogens (tertiary/aromatic N) is 1. The second-order valence-electron chi connectivity index (χ2n) is 9.87. The van der Waals surface area contributed by atoms with Crippen LogP contribution in [0.1, 0.15) is 77.0 Å². The Morgan fingerprint density at radius 1 is 0.861 bits per heavy atom. The molecule has 0 aliphatic heterocycles. The largest absolute Gasteiger partial charge is 0.444 e. The topological polar surface area (TPSA) is 87.7 Å². The van der Waals surface area contributed by atoms with Crippen molar-refractivity contribution in [3.05, 3.63) is 71.8 Å². The summed E-state index contributed by atoms with van der Waals surface area (Å²) in [6.45, 7) is 7.97. The molecule has 0 bridgehead atoms. The van der Waals surface area contributed by atoms with Crippen LogP contribution in [0.15, 0.2) is 60.7 Å². The van der Waals surface area contributed by atoms with E-state index in [9.17, 15) is 14.4 Å². The summed E-state index contributed by atoms with van der Waals surface area (Å²) in [7, 11) is 0. The fourth-order valence-electron chi connectivity index (χ4n) is 3.84. The van der Waals surface area contributed by atoms with E-state index < -0.39 is 17.7 Å². The van der Waals surface area contributed by atoms with Crippen molar-refractivity contribution in [2.45, 2.75) is 78.0 Å². The van der Waals surface area contributed by atoms with Gasteiger partial charge in [-0.25, -0.2) is 4.79 Å². The molecule has 3 amide bonds. The molecule has 2 N–H and O–H groups in total. The summed E-state index contributed by atoms with van der Waals surface area (Å²) in [5.74, 6) is -0.593. The maximum Gasteiger partial charge on any atom is 0.408 e. The summed E-state index contributed by atoms with van der Waals surface area (Å²) in [6, 6.07) is 18.1. The van der Waals surface area contributed by atoms with Gasteiger partial charge in [0.15, 0.2) is 0 Å². The van der Waals surface area contributed by atoms with Gasteiger partial charge < -0.3 is 20.3 Å². The Kier molecular flexibility index (Phi) is 12.0. The van der Waals surface area contributed by atoms with E-state index >= 15 is 0 Å². The second kappa shape index (κ2) is 14.9. The average molecular weight is 496 g/mol. The Labute approximate surface area is 215 Å². The summed E-state index contributed by atoms with van der Waals surface area (Å²) < 4.78 is 5.27. The number of benzene rings is 2. The zero-order valence-electron chi connectivity index (χ0n) is 22.1. The molecule has 0 heterocycles. The number of amides is 3. The summed E-state index contributed by atoms with van der Waals surface area (Å²) in [6.07, 6.45) is 4.40. The van der Waals surface area contributed by atoms with Crippen LogP contribution < -0.4 is 10.6 Å². The lowest BCUT2D eigenvalue weighted by molar-refractivity contribution is -0.140. The smallest absolute Gasteiger partial charge is 0.408 e. The quantitative estimate of drug-likeness (QED) is 0.366. The summed E-state index contributed by atoms with van der Waals surface area (Å²) in [4.78, 5) is 40.7. The number of alkyl carbamates (subject to hydrolysis) is 1. The van der Waals surface area contributed by atoms with E-state index in [1.807, 2.05) is 60.7 Å². The second-order valence-corrected chi connectivity index (χ2v) is 9.87. The van der Waals surface area contributed by atoms with Crippen molar-refractivity contribution in [2.24, 2.45) is 0 Å². The summed E-state index contributed by atoms with van der Waals surface area (Å²) in [5, 5.41) is 5.54. The fraction of sp³-hybridized carbons (Fsp3) is 0.483. The number of unbranched alkanes of at least 4 members (excludes halogenated alkanes) is 4. The van der Waals surface area contributed by atoms with Crippen LogP contribution in [0.2, 0.25) is 0 Å². The van der Waals surface area contributed by atoms with Gasteiger partial charge in [0.05, 0.1) is 0 Å². The van der Waals surface area contributed by atoms with Crippen LogP contribution in [-0.4, -0.2) is 41.5 Å². The van der Waals surface area contributed by atoms with E-state index in [0.717, 1.165) is 43.2 Å². The van der Waals surface area contributed by atoms with Gasteiger partial charge in [-0.3, -0.25) is 9.59 Å². The van der Waals surface area contributed by atoms with Crippen molar-refractivity contribution >= 4 is 17.9 Å². The third-order valence-electron chi connectivity index (χ3n) is 5.59. The van der Waals surface area contributed by atoms with Crippen LogP contribution in [0.3, 0.4) is 0 Å². The highest BCUT2D eigenvalue weighted by atomic mass is 16.6. The zero-order chi connectivity index (χ0) is 26.4. The van der Waals surface area contributed by atoms with Crippen LogP contribution in [0.4, 0.5) is 4.79 Å². The molecule has 7 nitrogen and oxygen atoms in total. The molecule has 0 aliphatic rings. The maximum atomic E-state index is 13.5. The van der Waals surface area contributed by atoms with Gasteiger partial charge in [0.25, 0.3) is 0 Å². The fourth-order valence-corrected chi connectivity index (χ4v) is 3.84. The number of carbonyl (C=O) groups is 3. The first-order valence-electron chi connectivity index (χ1n) is 12.8. The van der Waals surface area contributed by atoms with Gasteiger partial charge >= 0.3 is 6.09 Å². The highest BCUT2D eigenvalue weighted by Crippen LogP contribution is 2.23. The lowest BCUT2D eigenvalue weighted by Gasteiger charge is -2.32. The van der Waals surface area contributed by atoms with Crippen molar-refractivity contribution in [3.63, 3.8) is 0 Å². The average Bonchev–Trinajstić information content (AvgIpc) is 2.85. The molecule has 0 aromatic heterocycles. The molecule has 7 heteroatoms. The van der Waals surface area contributed by atoms with Crippen LogP contribution in [0.5, 0.6) is 0 Å². The standard InChI is InChI=1S/C29H41N3O4/c1-5-6-7-8-15-20-32(25(33)22-31-28(35)36-29(2,3)4)26(24-18-13-10-14-19-24)27(34)30-21-23-16-11-9-12-17-23/h9-14,16-19,26H,5-8,15,20-22H2,1-4H3,(H,30,34)(H,31,35). The molecule has 0 spiro atoms. The molecule has 36 heavy (non-hydrogen) atoms. The lowest BCUT2D eigenvalue weighted by atomic mass is 10.0. The van der Waals surface area contributed by atoms with Crippen molar-refractivity contribution in [3.8, 4) is 0 Å². The van der Waals surface area contributed by atoms with Crippen LogP contribution in [0.25, 0.3) is 0 Å². The molecule has 2 aromatic carbocycles. The van der Waals surface area contributed by atoms with Crippen molar-refractivity contribution in [1.29, 1.82) is 0 Å². The van der Waals surface area contributed by atoms with E-state index in [1.165, 1.54) is 0 Å². The van der Waals surface area contributed by atoms with E-state index in [1.54, 1.807) is 25.7 Å². The minimum absolute atomic E-state index is 0.251. The van der Waals surface area contributed by atoms with Crippen LogP contribution in [0, 0.1) is 0 Å². The number of hydrogen-bond acceptors (Lipinski definition) is 4. The van der Waals surface area contributed by atoms with Gasteiger partial charge in [0, 0.05) is 13.1 Å². The SMILES string of the molecule is CCCCCCCN(C(=O)CNC(=O)OC(C)(C)C)C(C(=O)NCc1ccccc1)c1ccccc1. The van der Waals surface area contributed by atoms with Gasteiger partial charge in [-0.05, 0) is 38.3 Å². The van der Waals surface area contributed by atoms with Crippen molar-refractivity contribution < 1.29 is 19.1 Å². The Morgan fingerprint density at radius 3 is 2.08 bits per heavy atom. The molecular formula is C29H41N3O4. The highest BCUT2D eigenvalue weighted by Gasteiger charge is 2.31. The molecular weight excluding hydrogens is 454 g/mol. The first-order valence-corrected chi connectivity index (χ1v) is 12.8. The van der Waals surface area contributed by atoms with Crippen LogP contribution >= 0.6 is 0 Å². The molecule has 2 rings (SSSR count). The van der Waals surface area contributed by atoms with Crippen LogP contribution in [-0.2, 0) is 20.9 Å². The van der Waals surface area contributed by atoms with Crippen molar-refractivity contribution in [2.75, 3.05) is 13.1 Å². The lowest BCUT2D eigenvalue weighted by Crippen LogP contribution is -2.48. The third-order valence-corrected chi connectivity index (χ3v) is 5.59. The number of nitrogens with one attached hydrogen (secondary N) is 2. The van der Waals surface area contributed by atoms with E-state index in [0.29, 0.717) is 13.1 Å². The number of rotatable bonds is 13. The van der Waals surface area contributed by atoms with Crippen molar-refractivity contribution in [1.82, 2.24) is 15.5 Å². The minimum Gasteiger partial charge on any atom is -0.444 e. The minimum atomic E-state index is -0.811. The number of carbonyl (C=O) groups excluding carboxylic acids is 3. The molecule has 0 saturated heterocycles. The Hall–Kier alpha value is -3.35. The predicted molar refractivity (Wildman–Crippen MR) is 142 cm³/mol. The zero-order valence-corrected chi connectivity index (χ0v) is 22.1. The molecule has 196 valence electrons. The monoisotopic (exact) mass is 495 g/mol. The van der Waals surface area contributed by atoms with Gasteiger partial charge in [-0.15, -0.1) is 0 Å². The Morgan fingerprint density at radius 2 is 1.47 bits per heavy atom. The number of hydrogen-bond donors (Lipinski definition) is 2. The number of ether oxygens (including phenoxy) is 1. The molecule has 0 radical (unpaired) electrons. The summed E-state index contributed by atoms with van der Waals surface area (Å²) in [5.41, 5.74) is 1.03. The van der Waals surface area contributed by atoms with Gasteiger partial charge in [-0.2, -0.15) is 0 Å². The highest BCUT2D eigenvalue weighted by molar-refractivity contribution is 5.90. The predicted octanol–water partition coefficient (Wildman–Crippen LogP) is 5.37. The van der Waals surface area contributed by atoms with E-state index in [4.69, 9.17) is 4.74 Å². The molecule has 0 fully saturated rings.